The Morgan fingerprint density at radius 1 is 1.23 bits per heavy atom. The van der Waals surface area contributed by atoms with Crippen LogP contribution >= 0.6 is 0 Å². The van der Waals surface area contributed by atoms with Gasteiger partial charge in [-0.1, -0.05) is 20.8 Å². The molecule has 2 unspecified atom stereocenters. The fourth-order valence-corrected chi connectivity index (χ4v) is 4.71. The molecular weight excluding hydrogens is 398 g/mol. The van der Waals surface area contributed by atoms with Crippen LogP contribution in [0.25, 0.3) is 10.5 Å². The number of rotatable bonds is 5. The summed E-state index contributed by atoms with van der Waals surface area (Å²) in [5, 5.41) is 2.94. The van der Waals surface area contributed by atoms with Crippen molar-refractivity contribution in [2.45, 2.75) is 60.5 Å². The summed E-state index contributed by atoms with van der Waals surface area (Å²) in [7, 11) is 0. The van der Waals surface area contributed by atoms with Crippen molar-refractivity contribution in [2.24, 2.45) is 17.8 Å². The van der Waals surface area contributed by atoms with E-state index in [9.17, 15) is 9.59 Å². The average molecular weight is 430 g/mol. The largest absolute Gasteiger partial charge is 0.459 e. The van der Waals surface area contributed by atoms with Gasteiger partial charge >= 0.3 is 12.1 Å². The number of fused-ring (bicyclic) bond motifs is 1. The number of amides is 1. The van der Waals surface area contributed by atoms with E-state index < -0.39 is 12.1 Å². The number of carbonyl (C=O) groups is 2. The predicted molar refractivity (Wildman–Crippen MR) is 115 cm³/mol. The standard InChI is InChI=1S/C22H31N5O4/c1-8-26(9-2)22(29)31-20-17(23-7)16(19-24-15(6)25-27(19)20)21(28)30-18-13(4)10-12(3)11-14(18)5/h12-14,18H,8-11H2,1-6H3,(H,24,25). The molecule has 31 heavy (non-hydrogen) atoms. The van der Waals surface area contributed by atoms with E-state index in [0.29, 0.717) is 24.8 Å². The second kappa shape index (κ2) is 9.00. The maximum atomic E-state index is 13.3. The SMILES string of the molecule is [C-]#[N+]c1c(C(=O)OC2C(C)CC(C)CC2C)c2nc(C)[nH]n2c1OC(=O)N(CC)CC. The molecule has 9 nitrogen and oxygen atoms in total. The molecule has 1 N–H and O–H groups in total. The van der Waals surface area contributed by atoms with Gasteiger partial charge in [0.05, 0.1) is 6.57 Å². The summed E-state index contributed by atoms with van der Waals surface area (Å²) in [6, 6.07) is 0. The van der Waals surface area contributed by atoms with Crippen molar-refractivity contribution in [1.29, 1.82) is 0 Å². The highest BCUT2D eigenvalue weighted by Crippen LogP contribution is 2.40. The van der Waals surface area contributed by atoms with Gasteiger partial charge in [-0.25, -0.2) is 23.9 Å². The van der Waals surface area contributed by atoms with E-state index in [1.165, 1.54) is 9.42 Å². The van der Waals surface area contributed by atoms with Crippen LogP contribution in [-0.2, 0) is 4.74 Å². The molecule has 0 radical (unpaired) electrons. The molecule has 2 aromatic rings. The molecule has 0 aliphatic heterocycles. The second-order valence-corrected chi connectivity index (χ2v) is 8.55. The van der Waals surface area contributed by atoms with Gasteiger partial charge in [-0.3, -0.25) is 5.10 Å². The molecule has 1 aliphatic rings. The molecule has 1 aliphatic carbocycles. The van der Waals surface area contributed by atoms with Gasteiger partial charge in [0.25, 0.3) is 5.69 Å². The fourth-order valence-electron chi connectivity index (χ4n) is 4.71. The number of esters is 1. The predicted octanol–water partition coefficient (Wildman–Crippen LogP) is 4.59. The van der Waals surface area contributed by atoms with Gasteiger partial charge in [-0.2, -0.15) is 0 Å². The number of hydrogen-bond acceptors (Lipinski definition) is 5. The first-order valence-corrected chi connectivity index (χ1v) is 10.9. The number of ether oxygens (including phenoxy) is 2. The number of nitrogens with zero attached hydrogens (tertiary/aromatic N) is 4. The van der Waals surface area contributed by atoms with Crippen molar-refractivity contribution in [3.8, 4) is 5.88 Å². The summed E-state index contributed by atoms with van der Waals surface area (Å²) in [6.07, 6.45) is 1.14. The fraction of sp³-hybridized carbons (Fsp3) is 0.636. The first-order valence-electron chi connectivity index (χ1n) is 10.9. The summed E-state index contributed by atoms with van der Waals surface area (Å²) in [4.78, 5) is 35.1. The van der Waals surface area contributed by atoms with Gasteiger partial charge in [0.15, 0.2) is 5.65 Å². The molecule has 2 heterocycles. The van der Waals surface area contributed by atoms with Crippen LogP contribution in [0.4, 0.5) is 10.5 Å². The first-order chi connectivity index (χ1) is 14.7. The van der Waals surface area contributed by atoms with Crippen LogP contribution in [0.2, 0.25) is 0 Å². The Kier molecular flexibility index (Phi) is 6.58. The lowest BCUT2D eigenvalue weighted by molar-refractivity contribution is -0.0249. The quantitative estimate of drug-likeness (QED) is 0.554. The summed E-state index contributed by atoms with van der Waals surface area (Å²) in [6.45, 7) is 20.4. The molecule has 0 aromatic carbocycles. The minimum absolute atomic E-state index is 0.0275. The number of aryl methyl sites for hydroxylation is 1. The van der Waals surface area contributed by atoms with Crippen molar-refractivity contribution in [3.63, 3.8) is 0 Å². The van der Waals surface area contributed by atoms with Gasteiger partial charge in [0.1, 0.15) is 17.5 Å². The monoisotopic (exact) mass is 429 g/mol. The third kappa shape index (κ3) is 4.24. The van der Waals surface area contributed by atoms with E-state index in [1.807, 2.05) is 13.8 Å². The third-order valence-electron chi connectivity index (χ3n) is 6.06. The van der Waals surface area contributed by atoms with Crippen LogP contribution in [0.3, 0.4) is 0 Å². The van der Waals surface area contributed by atoms with Crippen molar-refractivity contribution in [1.82, 2.24) is 19.5 Å². The van der Waals surface area contributed by atoms with Crippen LogP contribution in [0.1, 0.15) is 63.6 Å². The van der Waals surface area contributed by atoms with Crippen molar-refractivity contribution in [3.05, 3.63) is 22.8 Å². The number of hydrogen-bond donors (Lipinski definition) is 1. The normalized spacial score (nSPS) is 23.4. The Hall–Kier alpha value is -3.02. The average Bonchev–Trinajstić information content (AvgIpc) is 3.20. The smallest absolute Gasteiger partial charge is 0.415 e. The lowest BCUT2D eigenvalue weighted by Crippen LogP contribution is -2.37. The molecule has 1 saturated carbocycles. The van der Waals surface area contributed by atoms with Gasteiger partial charge in [0.2, 0.25) is 5.88 Å². The van der Waals surface area contributed by atoms with E-state index in [2.05, 4.69) is 35.7 Å². The zero-order valence-electron chi connectivity index (χ0n) is 19.1. The van der Waals surface area contributed by atoms with Gasteiger partial charge < -0.3 is 14.4 Å². The zero-order chi connectivity index (χ0) is 22.9. The molecule has 2 aromatic heterocycles. The molecule has 3 rings (SSSR count). The first kappa shape index (κ1) is 22.7. The van der Waals surface area contributed by atoms with Gasteiger partial charge in [0, 0.05) is 13.1 Å². The highest BCUT2D eigenvalue weighted by Gasteiger charge is 2.37. The molecule has 9 heteroatoms. The maximum Gasteiger partial charge on any atom is 0.415 e. The number of aromatic amines is 1. The minimum Gasteiger partial charge on any atom is -0.459 e. The van der Waals surface area contributed by atoms with Gasteiger partial charge in [-0.05, 0) is 51.4 Å². The maximum absolute atomic E-state index is 13.3. The Balaban J connectivity index is 1.99. The number of aromatic nitrogens is 3. The summed E-state index contributed by atoms with van der Waals surface area (Å²) in [5.74, 6) is 0.885. The highest BCUT2D eigenvalue weighted by atomic mass is 16.6. The van der Waals surface area contributed by atoms with E-state index in [1.54, 1.807) is 6.92 Å². The Bertz CT molecular complexity index is 1000. The zero-order valence-corrected chi connectivity index (χ0v) is 19.1. The molecule has 168 valence electrons. The molecule has 0 saturated heterocycles. The third-order valence-corrected chi connectivity index (χ3v) is 6.06. The van der Waals surface area contributed by atoms with Crippen LogP contribution in [0, 0.1) is 31.2 Å². The second-order valence-electron chi connectivity index (χ2n) is 8.55. The van der Waals surface area contributed by atoms with E-state index >= 15 is 0 Å². The molecule has 2 atom stereocenters. The molecular formula is C22H31N5O4. The lowest BCUT2D eigenvalue weighted by Gasteiger charge is -2.37. The minimum atomic E-state index is -0.613. The van der Waals surface area contributed by atoms with Crippen molar-refractivity contribution in [2.75, 3.05) is 13.1 Å². The molecule has 1 fully saturated rings. The highest BCUT2D eigenvalue weighted by molar-refractivity contribution is 6.05. The van der Waals surface area contributed by atoms with Crippen LogP contribution in [0.5, 0.6) is 5.88 Å². The summed E-state index contributed by atoms with van der Waals surface area (Å²) in [5.41, 5.74) is 0.175. The Labute approximate surface area is 182 Å². The van der Waals surface area contributed by atoms with E-state index in [4.69, 9.17) is 16.0 Å². The molecule has 1 amide bonds. The lowest BCUT2D eigenvalue weighted by atomic mass is 9.75. The number of H-pyrrole nitrogens is 1. The molecule has 0 spiro atoms. The summed E-state index contributed by atoms with van der Waals surface area (Å²) >= 11 is 0. The summed E-state index contributed by atoms with van der Waals surface area (Å²) < 4.78 is 12.8. The number of carbonyl (C=O) groups excluding carboxylic acids is 2. The van der Waals surface area contributed by atoms with Gasteiger partial charge in [-0.15, -0.1) is 0 Å². The van der Waals surface area contributed by atoms with Crippen molar-refractivity contribution < 1.29 is 19.1 Å². The topological polar surface area (TPSA) is 93.3 Å². The van der Waals surface area contributed by atoms with E-state index in [0.717, 1.165) is 12.8 Å². The van der Waals surface area contributed by atoms with Crippen LogP contribution in [0.15, 0.2) is 0 Å². The van der Waals surface area contributed by atoms with Crippen LogP contribution < -0.4 is 4.74 Å². The van der Waals surface area contributed by atoms with Crippen molar-refractivity contribution >= 4 is 23.4 Å². The van der Waals surface area contributed by atoms with E-state index in [-0.39, 0.29) is 40.7 Å². The Morgan fingerprint density at radius 2 is 1.84 bits per heavy atom. The Morgan fingerprint density at radius 3 is 2.39 bits per heavy atom. The number of nitrogens with one attached hydrogen (secondary N) is 1. The molecule has 0 bridgehead atoms. The van der Waals surface area contributed by atoms with Crippen LogP contribution in [-0.4, -0.2) is 50.8 Å².